The molecule has 0 N–H and O–H groups in total. The standard InChI is InChI=1S/C12H13BrO/c1-3-4-5-12(14)11-7-6-10(13)8-9(11)2/h3,6-8H,1,4-5H2,2H3. The van der Waals surface area contributed by atoms with E-state index >= 15 is 0 Å². The molecule has 0 atom stereocenters. The van der Waals surface area contributed by atoms with Gasteiger partial charge in [0.05, 0.1) is 0 Å². The Morgan fingerprint density at radius 3 is 2.86 bits per heavy atom. The van der Waals surface area contributed by atoms with Crippen molar-refractivity contribution in [2.45, 2.75) is 19.8 Å². The molecule has 0 spiro atoms. The number of hydrogen-bond acceptors (Lipinski definition) is 1. The zero-order valence-electron chi connectivity index (χ0n) is 8.22. The molecule has 0 aliphatic carbocycles. The number of carbonyl (C=O) groups excluding carboxylic acids is 1. The molecule has 0 amide bonds. The monoisotopic (exact) mass is 252 g/mol. The molecular formula is C12H13BrO. The molecule has 0 fully saturated rings. The number of halogens is 1. The van der Waals surface area contributed by atoms with Crippen LogP contribution in [-0.2, 0) is 0 Å². The van der Waals surface area contributed by atoms with Gasteiger partial charge in [-0.3, -0.25) is 4.79 Å². The Labute approximate surface area is 93.0 Å². The summed E-state index contributed by atoms with van der Waals surface area (Å²) in [6.07, 6.45) is 3.06. The molecule has 2 heteroatoms. The van der Waals surface area contributed by atoms with Gasteiger partial charge in [-0.25, -0.2) is 0 Å². The number of carbonyl (C=O) groups is 1. The van der Waals surface area contributed by atoms with Crippen molar-refractivity contribution >= 4 is 21.7 Å². The minimum atomic E-state index is 0.190. The van der Waals surface area contributed by atoms with Crippen molar-refractivity contribution in [3.05, 3.63) is 46.5 Å². The highest BCUT2D eigenvalue weighted by molar-refractivity contribution is 9.10. The van der Waals surface area contributed by atoms with Gasteiger partial charge in [0.15, 0.2) is 5.78 Å². The normalized spacial score (nSPS) is 9.86. The third kappa shape index (κ3) is 2.81. The first kappa shape index (κ1) is 11.2. The Morgan fingerprint density at radius 2 is 2.29 bits per heavy atom. The lowest BCUT2D eigenvalue weighted by atomic mass is 10.0. The molecule has 0 aromatic heterocycles. The fourth-order valence-corrected chi connectivity index (χ4v) is 1.78. The Morgan fingerprint density at radius 1 is 1.57 bits per heavy atom. The first-order valence-electron chi connectivity index (χ1n) is 4.55. The highest BCUT2D eigenvalue weighted by atomic mass is 79.9. The highest BCUT2D eigenvalue weighted by Gasteiger charge is 2.07. The maximum absolute atomic E-state index is 11.7. The number of ketones is 1. The summed E-state index contributed by atoms with van der Waals surface area (Å²) in [5, 5.41) is 0. The van der Waals surface area contributed by atoms with Gasteiger partial charge in [0.1, 0.15) is 0 Å². The van der Waals surface area contributed by atoms with Gasteiger partial charge in [-0.15, -0.1) is 6.58 Å². The first-order valence-corrected chi connectivity index (χ1v) is 5.34. The SMILES string of the molecule is C=CCCC(=O)c1ccc(Br)cc1C. The summed E-state index contributed by atoms with van der Waals surface area (Å²) < 4.78 is 1.01. The molecule has 0 saturated heterocycles. The van der Waals surface area contributed by atoms with E-state index in [4.69, 9.17) is 0 Å². The van der Waals surface area contributed by atoms with Gasteiger partial charge in [-0.1, -0.05) is 28.1 Å². The van der Waals surface area contributed by atoms with E-state index in [1.165, 1.54) is 0 Å². The average Bonchev–Trinajstić information content (AvgIpc) is 2.14. The molecule has 0 unspecified atom stereocenters. The van der Waals surface area contributed by atoms with E-state index < -0.39 is 0 Å². The Balaban J connectivity index is 2.84. The van der Waals surface area contributed by atoms with Crippen LogP contribution in [0.3, 0.4) is 0 Å². The number of hydrogen-bond donors (Lipinski definition) is 0. The molecule has 1 aromatic rings. The van der Waals surface area contributed by atoms with E-state index in [0.29, 0.717) is 6.42 Å². The molecular weight excluding hydrogens is 240 g/mol. The van der Waals surface area contributed by atoms with Gasteiger partial charge >= 0.3 is 0 Å². The van der Waals surface area contributed by atoms with E-state index in [0.717, 1.165) is 22.0 Å². The zero-order chi connectivity index (χ0) is 10.6. The van der Waals surface area contributed by atoms with E-state index in [9.17, 15) is 4.79 Å². The maximum atomic E-state index is 11.7. The lowest BCUT2D eigenvalue weighted by Crippen LogP contribution is -2.00. The summed E-state index contributed by atoms with van der Waals surface area (Å²) in [6, 6.07) is 5.72. The van der Waals surface area contributed by atoms with Gasteiger partial charge in [0.25, 0.3) is 0 Å². The van der Waals surface area contributed by atoms with Crippen LogP contribution in [0.25, 0.3) is 0 Å². The average molecular weight is 253 g/mol. The molecule has 0 radical (unpaired) electrons. The van der Waals surface area contributed by atoms with Crippen LogP contribution >= 0.6 is 15.9 Å². The molecule has 1 rings (SSSR count). The molecule has 0 saturated carbocycles. The van der Waals surface area contributed by atoms with Crippen LogP contribution in [0.1, 0.15) is 28.8 Å². The van der Waals surface area contributed by atoms with Gasteiger partial charge < -0.3 is 0 Å². The Kier molecular flexibility index (Phi) is 4.08. The summed E-state index contributed by atoms with van der Waals surface area (Å²) in [7, 11) is 0. The van der Waals surface area contributed by atoms with E-state index in [1.807, 2.05) is 25.1 Å². The quantitative estimate of drug-likeness (QED) is 0.587. The van der Waals surface area contributed by atoms with Crippen molar-refractivity contribution in [3.8, 4) is 0 Å². The summed E-state index contributed by atoms with van der Waals surface area (Å²) in [6.45, 7) is 5.55. The maximum Gasteiger partial charge on any atom is 0.163 e. The fourth-order valence-electron chi connectivity index (χ4n) is 1.31. The highest BCUT2D eigenvalue weighted by Crippen LogP contribution is 2.17. The summed E-state index contributed by atoms with van der Waals surface area (Å²) in [4.78, 5) is 11.7. The summed E-state index contributed by atoms with van der Waals surface area (Å²) >= 11 is 3.37. The van der Waals surface area contributed by atoms with Crippen LogP contribution in [0.15, 0.2) is 35.3 Å². The van der Waals surface area contributed by atoms with Crippen LogP contribution in [0.5, 0.6) is 0 Å². The van der Waals surface area contributed by atoms with Gasteiger partial charge in [0.2, 0.25) is 0 Å². The Bertz CT molecular complexity index is 355. The molecule has 0 aliphatic heterocycles. The second-order valence-electron chi connectivity index (χ2n) is 3.21. The number of Topliss-reactive ketones (excluding diaryl/α,β-unsaturated/α-hetero) is 1. The molecule has 1 nitrogen and oxygen atoms in total. The second kappa shape index (κ2) is 5.11. The number of aryl methyl sites for hydroxylation is 1. The molecule has 1 aromatic carbocycles. The Hall–Kier alpha value is -0.890. The molecule has 0 bridgehead atoms. The summed E-state index contributed by atoms with van der Waals surface area (Å²) in [5.41, 5.74) is 1.84. The smallest absolute Gasteiger partial charge is 0.163 e. The van der Waals surface area contributed by atoms with Crippen LogP contribution in [-0.4, -0.2) is 5.78 Å². The minimum absolute atomic E-state index is 0.190. The third-order valence-corrected chi connectivity index (χ3v) is 2.56. The van der Waals surface area contributed by atoms with Crippen molar-refractivity contribution in [2.75, 3.05) is 0 Å². The van der Waals surface area contributed by atoms with E-state index in [1.54, 1.807) is 6.08 Å². The third-order valence-electron chi connectivity index (χ3n) is 2.06. The number of allylic oxidation sites excluding steroid dienone is 1. The van der Waals surface area contributed by atoms with Gasteiger partial charge in [-0.2, -0.15) is 0 Å². The minimum Gasteiger partial charge on any atom is -0.294 e. The van der Waals surface area contributed by atoms with Crippen LogP contribution in [0.4, 0.5) is 0 Å². The number of rotatable bonds is 4. The predicted molar refractivity (Wildman–Crippen MR) is 62.6 cm³/mol. The van der Waals surface area contributed by atoms with Crippen LogP contribution < -0.4 is 0 Å². The van der Waals surface area contributed by atoms with E-state index in [-0.39, 0.29) is 5.78 Å². The predicted octanol–water partition coefficient (Wildman–Crippen LogP) is 3.91. The molecule has 0 heterocycles. The second-order valence-corrected chi connectivity index (χ2v) is 4.13. The van der Waals surface area contributed by atoms with Gasteiger partial charge in [-0.05, 0) is 31.0 Å². The van der Waals surface area contributed by atoms with Crippen LogP contribution in [0, 0.1) is 6.92 Å². The molecule has 74 valence electrons. The van der Waals surface area contributed by atoms with Crippen molar-refractivity contribution < 1.29 is 4.79 Å². The van der Waals surface area contributed by atoms with Crippen molar-refractivity contribution in [3.63, 3.8) is 0 Å². The topological polar surface area (TPSA) is 17.1 Å². The van der Waals surface area contributed by atoms with Crippen molar-refractivity contribution in [1.29, 1.82) is 0 Å². The van der Waals surface area contributed by atoms with Gasteiger partial charge in [0, 0.05) is 16.5 Å². The first-order chi connectivity index (χ1) is 6.65. The lowest BCUT2D eigenvalue weighted by molar-refractivity contribution is 0.0983. The van der Waals surface area contributed by atoms with Crippen molar-refractivity contribution in [2.24, 2.45) is 0 Å². The molecule has 14 heavy (non-hydrogen) atoms. The van der Waals surface area contributed by atoms with Crippen molar-refractivity contribution in [1.82, 2.24) is 0 Å². The fraction of sp³-hybridized carbons (Fsp3) is 0.250. The van der Waals surface area contributed by atoms with Crippen LogP contribution in [0.2, 0.25) is 0 Å². The molecule has 0 aliphatic rings. The summed E-state index contributed by atoms with van der Waals surface area (Å²) in [5.74, 6) is 0.190. The lowest BCUT2D eigenvalue weighted by Gasteiger charge is -2.04. The zero-order valence-corrected chi connectivity index (χ0v) is 9.80. The largest absolute Gasteiger partial charge is 0.294 e. The van der Waals surface area contributed by atoms with E-state index in [2.05, 4.69) is 22.5 Å². The number of benzene rings is 1.